The number of nitrogens with zero attached hydrogens (tertiary/aromatic N) is 3. The highest BCUT2D eigenvalue weighted by molar-refractivity contribution is 5.94. The molecule has 7 heteroatoms. The fourth-order valence-electron chi connectivity index (χ4n) is 3.91. The van der Waals surface area contributed by atoms with Gasteiger partial charge in [-0.1, -0.05) is 0 Å². The van der Waals surface area contributed by atoms with Crippen molar-refractivity contribution in [3.63, 3.8) is 0 Å². The fourth-order valence-corrected chi connectivity index (χ4v) is 3.91. The van der Waals surface area contributed by atoms with Gasteiger partial charge in [0, 0.05) is 68.6 Å². The van der Waals surface area contributed by atoms with Crippen LogP contribution in [0, 0.1) is 0 Å². The lowest BCUT2D eigenvalue weighted by Gasteiger charge is -2.31. The van der Waals surface area contributed by atoms with E-state index in [0.717, 1.165) is 57.0 Å². The fraction of sp³-hybridized carbons (Fsp3) is 0.500. The lowest BCUT2D eigenvalue weighted by molar-refractivity contribution is 0.0711. The molecule has 0 spiro atoms. The monoisotopic (exact) mass is 396 g/mol. The maximum atomic E-state index is 12.8. The molecule has 154 valence electrons. The van der Waals surface area contributed by atoms with Gasteiger partial charge in [0.2, 0.25) is 0 Å². The highest BCUT2D eigenvalue weighted by Crippen LogP contribution is 2.27. The molecule has 0 saturated carbocycles. The van der Waals surface area contributed by atoms with Crippen LogP contribution < -0.4 is 10.1 Å². The number of nitrogens with one attached hydrogen (secondary N) is 1. The Bertz CT molecular complexity index is 832. The van der Waals surface area contributed by atoms with Crippen LogP contribution >= 0.6 is 0 Å². The van der Waals surface area contributed by atoms with Crippen LogP contribution in [-0.4, -0.2) is 60.7 Å². The molecule has 1 aromatic carbocycles. The summed E-state index contributed by atoms with van der Waals surface area (Å²) in [6, 6.07) is 7.34. The van der Waals surface area contributed by atoms with E-state index in [4.69, 9.17) is 14.5 Å². The van der Waals surface area contributed by atoms with E-state index in [1.165, 1.54) is 11.3 Å². The summed E-state index contributed by atoms with van der Waals surface area (Å²) in [4.78, 5) is 24.2. The van der Waals surface area contributed by atoms with E-state index in [2.05, 4.69) is 10.3 Å². The van der Waals surface area contributed by atoms with Gasteiger partial charge >= 0.3 is 0 Å². The van der Waals surface area contributed by atoms with Gasteiger partial charge in [-0.3, -0.25) is 4.79 Å². The van der Waals surface area contributed by atoms with Crippen molar-refractivity contribution in [1.29, 1.82) is 0 Å². The topological polar surface area (TPSA) is 76.6 Å². The smallest absolute Gasteiger partial charge is 0.253 e. The van der Waals surface area contributed by atoms with Gasteiger partial charge in [-0.2, -0.15) is 0 Å². The molecule has 1 amide bonds. The zero-order chi connectivity index (χ0) is 20.1. The van der Waals surface area contributed by atoms with Crippen LogP contribution in [0.4, 0.5) is 0 Å². The Kier molecular flexibility index (Phi) is 6.36. The Morgan fingerprint density at radius 2 is 2.00 bits per heavy atom. The number of hydrogen-bond donors (Lipinski definition) is 1. The number of carbonyl (C=O) groups is 1. The van der Waals surface area contributed by atoms with Gasteiger partial charge in [-0.25, -0.2) is 9.97 Å². The highest BCUT2D eigenvalue weighted by Gasteiger charge is 2.27. The highest BCUT2D eigenvalue weighted by atomic mass is 16.5. The largest absolute Gasteiger partial charge is 0.491 e. The van der Waals surface area contributed by atoms with E-state index in [0.29, 0.717) is 24.7 Å². The molecule has 0 bridgehead atoms. The van der Waals surface area contributed by atoms with E-state index in [1.54, 1.807) is 7.11 Å². The number of carbonyl (C=O) groups excluding carboxylic acids is 1. The van der Waals surface area contributed by atoms with Crippen LogP contribution in [-0.2, 0) is 17.7 Å². The Balaban J connectivity index is 1.32. The van der Waals surface area contributed by atoms with Crippen LogP contribution in [0.15, 0.2) is 30.5 Å². The van der Waals surface area contributed by atoms with Crippen molar-refractivity contribution in [2.24, 2.45) is 0 Å². The van der Waals surface area contributed by atoms with E-state index in [-0.39, 0.29) is 5.91 Å². The maximum absolute atomic E-state index is 12.8. The number of methoxy groups -OCH3 is 1. The van der Waals surface area contributed by atoms with Crippen molar-refractivity contribution in [3.8, 4) is 5.75 Å². The molecule has 2 aliphatic heterocycles. The third-order valence-electron chi connectivity index (χ3n) is 5.63. The number of aromatic nitrogens is 2. The number of amides is 1. The van der Waals surface area contributed by atoms with Crippen molar-refractivity contribution in [3.05, 3.63) is 53.1 Å². The Hall–Kier alpha value is -2.51. The van der Waals surface area contributed by atoms with Crippen molar-refractivity contribution >= 4 is 5.91 Å². The number of benzene rings is 1. The summed E-state index contributed by atoms with van der Waals surface area (Å²) in [6.07, 6.45) is 4.74. The minimum absolute atomic E-state index is 0.0734. The van der Waals surface area contributed by atoms with E-state index >= 15 is 0 Å². The van der Waals surface area contributed by atoms with E-state index < -0.39 is 0 Å². The molecule has 1 fully saturated rings. The van der Waals surface area contributed by atoms with Gasteiger partial charge in [0.25, 0.3) is 5.91 Å². The van der Waals surface area contributed by atoms with Crippen LogP contribution in [0.2, 0.25) is 0 Å². The molecule has 2 aliphatic rings. The first kappa shape index (κ1) is 19.8. The minimum atomic E-state index is 0.0734. The number of fused-ring (bicyclic) bond motifs is 1. The molecule has 2 aromatic rings. The molecule has 4 rings (SSSR count). The lowest BCUT2D eigenvalue weighted by atomic mass is 9.95. The Labute approximate surface area is 171 Å². The molecule has 0 atom stereocenters. The molecular formula is C22H28N4O3. The van der Waals surface area contributed by atoms with Gasteiger partial charge < -0.3 is 19.7 Å². The second kappa shape index (κ2) is 9.33. The summed E-state index contributed by atoms with van der Waals surface area (Å²) in [7, 11) is 1.64. The summed E-state index contributed by atoms with van der Waals surface area (Å²) in [5.41, 5.74) is 3.09. The molecule has 1 N–H and O–H groups in total. The predicted octanol–water partition coefficient (Wildman–Crippen LogP) is 2.17. The normalized spacial score (nSPS) is 17.1. The second-order valence-corrected chi connectivity index (χ2v) is 7.56. The molecule has 1 aromatic heterocycles. The van der Waals surface area contributed by atoms with Crippen LogP contribution in [0.3, 0.4) is 0 Å². The Morgan fingerprint density at radius 3 is 2.76 bits per heavy atom. The van der Waals surface area contributed by atoms with Gasteiger partial charge in [-0.05, 0) is 37.1 Å². The van der Waals surface area contributed by atoms with Crippen molar-refractivity contribution in [1.82, 2.24) is 20.2 Å². The third-order valence-corrected chi connectivity index (χ3v) is 5.63. The molecule has 3 heterocycles. The van der Waals surface area contributed by atoms with E-state index in [1.807, 2.05) is 35.4 Å². The first-order chi connectivity index (χ1) is 14.2. The molecule has 7 nitrogen and oxygen atoms in total. The first-order valence-electron chi connectivity index (χ1n) is 10.3. The second-order valence-electron chi connectivity index (χ2n) is 7.56. The lowest BCUT2D eigenvalue weighted by Crippen LogP contribution is -2.38. The first-order valence-corrected chi connectivity index (χ1v) is 10.3. The molecule has 29 heavy (non-hydrogen) atoms. The van der Waals surface area contributed by atoms with Gasteiger partial charge in [0.05, 0.1) is 6.61 Å². The zero-order valence-electron chi connectivity index (χ0n) is 16.9. The van der Waals surface area contributed by atoms with Crippen molar-refractivity contribution in [2.75, 3.05) is 40.0 Å². The minimum Gasteiger partial charge on any atom is -0.491 e. The molecule has 1 saturated heterocycles. The third kappa shape index (κ3) is 4.74. The molecule has 0 unspecified atom stereocenters. The summed E-state index contributed by atoms with van der Waals surface area (Å²) in [6.45, 7) is 4.35. The Morgan fingerprint density at radius 1 is 1.21 bits per heavy atom. The number of likely N-dealkylation sites (tertiary alicyclic amines) is 1. The quantitative estimate of drug-likeness (QED) is 0.754. The molecular weight excluding hydrogens is 368 g/mol. The van der Waals surface area contributed by atoms with Gasteiger partial charge in [0.1, 0.15) is 18.2 Å². The van der Waals surface area contributed by atoms with Crippen LogP contribution in [0.25, 0.3) is 0 Å². The standard InChI is InChI=1S/C22H28N4O3/c1-28-12-13-29-19-4-2-17(3-5-19)22(27)26-10-7-16(8-11-26)21-24-15-18-14-23-9-6-20(18)25-21/h2-5,15-16,23H,6-14H2,1H3. The van der Waals surface area contributed by atoms with Crippen molar-refractivity contribution < 1.29 is 14.3 Å². The van der Waals surface area contributed by atoms with Crippen molar-refractivity contribution in [2.45, 2.75) is 31.7 Å². The molecule has 0 radical (unpaired) electrons. The summed E-state index contributed by atoms with van der Waals surface area (Å²) in [5.74, 6) is 2.09. The zero-order valence-corrected chi connectivity index (χ0v) is 16.9. The van der Waals surface area contributed by atoms with Crippen LogP contribution in [0.5, 0.6) is 5.75 Å². The maximum Gasteiger partial charge on any atom is 0.253 e. The summed E-state index contributed by atoms with van der Waals surface area (Å²) in [5, 5.41) is 3.35. The number of hydrogen-bond acceptors (Lipinski definition) is 6. The average molecular weight is 396 g/mol. The summed E-state index contributed by atoms with van der Waals surface area (Å²) >= 11 is 0. The van der Waals surface area contributed by atoms with Crippen LogP contribution in [0.1, 0.15) is 46.2 Å². The van der Waals surface area contributed by atoms with Gasteiger partial charge in [-0.15, -0.1) is 0 Å². The SMILES string of the molecule is COCCOc1ccc(C(=O)N2CCC(c3ncc4c(n3)CCNC4)CC2)cc1. The predicted molar refractivity (Wildman–Crippen MR) is 109 cm³/mol. The average Bonchev–Trinajstić information content (AvgIpc) is 2.79. The number of rotatable bonds is 6. The number of piperidine rings is 1. The molecule has 0 aliphatic carbocycles. The van der Waals surface area contributed by atoms with Gasteiger partial charge in [0.15, 0.2) is 0 Å². The van der Waals surface area contributed by atoms with E-state index in [9.17, 15) is 4.79 Å². The summed E-state index contributed by atoms with van der Waals surface area (Å²) < 4.78 is 10.5. The number of ether oxygens (including phenoxy) is 2.